The van der Waals surface area contributed by atoms with Gasteiger partial charge in [-0.15, -0.1) is 22.7 Å². The Kier molecular flexibility index (Phi) is 7.03. The molecule has 11 heteroatoms. The summed E-state index contributed by atoms with van der Waals surface area (Å²) in [5.41, 5.74) is 2.20. The highest BCUT2D eigenvalue weighted by atomic mass is 35.5. The van der Waals surface area contributed by atoms with E-state index in [1.165, 1.54) is 34.8 Å². The van der Waals surface area contributed by atoms with Crippen LogP contribution in [0.15, 0.2) is 41.4 Å². The van der Waals surface area contributed by atoms with E-state index >= 15 is 0 Å². The molecule has 0 amide bonds. The van der Waals surface area contributed by atoms with Crippen LogP contribution in [0.1, 0.15) is 6.42 Å². The highest BCUT2D eigenvalue weighted by molar-refractivity contribution is 7.15. The third-order valence-electron chi connectivity index (χ3n) is 4.17. The SMILES string of the molecule is COCCCNc1nc(Nc2ccc(F)c(Cl)c2)ncc1-c1nc(-c2nccs2)cs1. The molecule has 0 unspecified atom stereocenters. The molecule has 0 radical (unpaired) electrons. The van der Waals surface area contributed by atoms with Gasteiger partial charge in [0, 0.05) is 49.1 Å². The van der Waals surface area contributed by atoms with Crippen LogP contribution in [-0.2, 0) is 4.74 Å². The van der Waals surface area contributed by atoms with E-state index in [1.54, 1.807) is 25.6 Å². The first kappa shape index (κ1) is 21.6. The Bertz CT molecular complexity index is 1150. The Morgan fingerprint density at radius 1 is 1.16 bits per heavy atom. The van der Waals surface area contributed by atoms with E-state index in [-0.39, 0.29) is 5.02 Å². The number of methoxy groups -OCH3 is 1. The van der Waals surface area contributed by atoms with Gasteiger partial charge in [-0.3, -0.25) is 0 Å². The number of thiazole rings is 2. The number of nitrogens with zero attached hydrogens (tertiary/aromatic N) is 4. The van der Waals surface area contributed by atoms with Gasteiger partial charge < -0.3 is 15.4 Å². The number of rotatable bonds is 9. The van der Waals surface area contributed by atoms with Crippen LogP contribution in [-0.4, -0.2) is 40.2 Å². The number of nitrogens with one attached hydrogen (secondary N) is 2. The molecule has 0 spiro atoms. The van der Waals surface area contributed by atoms with Gasteiger partial charge in [0.2, 0.25) is 5.95 Å². The predicted octanol–water partition coefficient (Wildman–Crippen LogP) is 5.71. The summed E-state index contributed by atoms with van der Waals surface area (Å²) in [6.45, 7) is 1.31. The first-order valence-electron chi connectivity index (χ1n) is 9.31. The molecule has 2 N–H and O–H groups in total. The lowest BCUT2D eigenvalue weighted by molar-refractivity contribution is 0.198. The van der Waals surface area contributed by atoms with Crippen molar-refractivity contribution >= 4 is 51.7 Å². The largest absolute Gasteiger partial charge is 0.385 e. The molecule has 0 aliphatic rings. The maximum Gasteiger partial charge on any atom is 0.229 e. The van der Waals surface area contributed by atoms with Crippen molar-refractivity contribution < 1.29 is 9.13 Å². The van der Waals surface area contributed by atoms with E-state index < -0.39 is 5.82 Å². The Morgan fingerprint density at radius 3 is 2.84 bits per heavy atom. The van der Waals surface area contributed by atoms with Crippen LogP contribution in [0.5, 0.6) is 0 Å². The smallest absolute Gasteiger partial charge is 0.229 e. The van der Waals surface area contributed by atoms with Crippen LogP contribution >= 0.6 is 34.3 Å². The maximum absolute atomic E-state index is 13.4. The van der Waals surface area contributed by atoms with E-state index in [0.29, 0.717) is 30.6 Å². The van der Waals surface area contributed by atoms with Crippen molar-refractivity contribution in [1.29, 1.82) is 0 Å². The molecule has 4 rings (SSSR count). The Morgan fingerprint density at radius 2 is 2.06 bits per heavy atom. The lowest BCUT2D eigenvalue weighted by atomic mass is 10.3. The monoisotopic (exact) mass is 476 g/mol. The predicted molar refractivity (Wildman–Crippen MR) is 124 cm³/mol. The second-order valence-corrected chi connectivity index (χ2v) is 8.52. The standard InChI is InChI=1S/C20H18ClFN6OS2/c1-29-7-2-5-23-17-13(18-27-16(11-31-18)19-24-6-8-30-19)10-25-20(28-17)26-12-3-4-15(22)14(21)9-12/h3-4,6,8-11H,2,5,7H2,1H3,(H2,23,25,26,28). The van der Waals surface area contributed by atoms with E-state index in [0.717, 1.165) is 27.7 Å². The van der Waals surface area contributed by atoms with Crippen molar-refractivity contribution in [2.75, 3.05) is 30.9 Å². The Labute approximate surface area is 191 Å². The van der Waals surface area contributed by atoms with Gasteiger partial charge in [-0.2, -0.15) is 4.98 Å². The van der Waals surface area contributed by atoms with Gasteiger partial charge in [0.1, 0.15) is 27.3 Å². The van der Waals surface area contributed by atoms with Crippen LogP contribution < -0.4 is 10.6 Å². The fourth-order valence-corrected chi connectivity index (χ4v) is 4.37. The number of benzene rings is 1. The molecular formula is C20H18ClFN6OS2. The molecule has 0 fully saturated rings. The second kappa shape index (κ2) is 10.1. The van der Waals surface area contributed by atoms with Crippen molar-refractivity contribution in [3.05, 3.63) is 52.2 Å². The lowest BCUT2D eigenvalue weighted by Gasteiger charge is -2.12. The molecule has 0 bridgehead atoms. The van der Waals surface area contributed by atoms with Gasteiger partial charge in [0.05, 0.1) is 10.6 Å². The van der Waals surface area contributed by atoms with Gasteiger partial charge in [0.25, 0.3) is 0 Å². The average Bonchev–Trinajstić information content (AvgIpc) is 3.46. The van der Waals surface area contributed by atoms with Crippen molar-refractivity contribution in [2.24, 2.45) is 0 Å². The maximum atomic E-state index is 13.4. The first-order chi connectivity index (χ1) is 15.1. The zero-order valence-corrected chi connectivity index (χ0v) is 18.8. The summed E-state index contributed by atoms with van der Waals surface area (Å²) in [5.74, 6) is 0.517. The molecule has 0 aliphatic carbocycles. The van der Waals surface area contributed by atoms with Gasteiger partial charge in [0.15, 0.2) is 0 Å². The summed E-state index contributed by atoms with van der Waals surface area (Å²) in [7, 11) is 1.67. The molecule has 0 saturated heterocycles. The fraction of sp³-hybridized carbons (Fsp3) is 0.200. The fourth-order valence-electron chi connectivity index (χ4n) is 2.71. The van der Waals surface area contributed by atoms with Gasteiger partial charge in [-0.25, -0.2) is 19.3 Å². The molecule has 1 aromatic carbocycles. The zero-order valence-electron chi connectivity index (χ0n) is 16.4. The number of ether oxygens (including phenoxy) is 1. The summed E-state index contributed by atoms with van der Waals surface area (Å²) in [4.78, 5) is 18.0. The van der Waals surface area contributed by atoms with E-state index in [4.69, 9.17) is 21.3 Å². The normalized spacial score (nSPS) is 10.9. The number of hydrogen-bond donors (Lipinski definition) is 2. The van der Waals surface area contributed by atoms with Crippen LogP contribution in [0.3, 0.4) is 0 Å². The average molecular weight is 477 g/mol. The summed E-state index contributed by atoms with van der Waals surface area (Å²) in [6, 6.07) is 4.35. The molecule has 0 saturated carbocycles. The summed E-state index contributed by atoms with van der Waals surface area (Å²) >= 11 is 8.91. The quantitative estimate of drug-likeness (QED) is 0.299. The Hall–Kier alpha value is -2.66. The molecule has 31 heavy (non-hydrogen) atoms. The van der Waals surface area contributed by atoms with E-state index in [9.17, 15) is 4.39 Å². The minimum Gasteiger partial charge on any atom is -0.385 e. The number of anilines is 3. The first-order valence-corrected chi connectivity index (χ1v) is 11.5. The van der Waals surface area contributed by atoms with Gasteiger partial charge in [-0.05, 0) is 24.6 Å². The molecule has 0 aliphatic heterocycles. The molecular weight excluding hydrogens is 459 g/mol. The van der Waals surface area contributed by atoms with E-state index in [1.807, 2.05) is 10.8 Å². The van der Waals surface area contributed by atoms with Crippen LogP contribution in [0.4, 0.5) is 21.8 Å². The summed E-state index contributed by atoms with van der Waals surface area (Å²) in [6.07, 6.45) is 4.29. The van der Waals surface area contributed by atoms with Crippen molar-refractivity contribution in [2.45, 2.75) is 6.42 Å². The van der Waals surface area contributed by atoms with Crippen LogP contribution in [0.25, 0.3) is 21.3 Å². The molecule has 7 nitrogen and oxygen atoms in total. The number of hydrogen-bond acceptors (Lipinski definition) is 9. The van der Waals surface area contributed by atoms with Gasteiger partial charge in [-0.1, -0.05) is 11.6 Å². The molecule has 3 heterocycles. The zero-order chi connectivity index (χ0) is 21.6. The van der Waals surface area contributed by atoms with Crippen LogP contribution in [0.2, 0.25) is 5.02 Å². The summed E-state index contributed by atoms with van der Waals surface area (Å²) in [5, 5.41) is 12.0. The lowest BCUT2D eigenvalue weighted by Crippen LogP contribution is -2.09. The highest BCUT2D eigenvalue weighted by Crippen LogP contribution is 2.33. The van der Waals surface area contributed by atoms with Crippen molar-refractivity contribution in [1.82, 2.24) is 19.9 Å². The topological polar surface area (TPSA) is 84.9 Å². The third kappa shape index (κ3) is 5.34. The molecule has 0 atom stereocenters. The third-order valence-corrected chi connectivity index (χ3v) is 6.13. The minimum absolute atomic E-state index is 0.0250. The molecule has 3 aromatic heterocycles. The van der Waals surface area contributed by atoms with Crippen molar-refractivity contribution in [3.8, 4) is 21.3 Å². The molecule has 160 valence electrons. The minimum atomic E-state index is -0.483. The van der Waals surface area contributed by atoms with Crippen LogP contribution in [0, 0.1) is 5.82 Å². The highest BCUT2D eigenvalue weighted by Gasteiger charge is 2.15. The number of aromatic nitrogens is 4. The Balaban J connectivity index is 1.61. The number of halogens is 2. The van der Waals surface area contributed by atoms with Crippen molar-refractivity contribution in [3.63, 3.8) is 0 Å². The summed E-state index contributed by atoms with van der Waals surface area (Å²) < 4.78 is 18.5. The van der Waals surface area contributed by atoms with E-state index in [2.05, 4.69) is 25.6 Å². The second-order valence-electron chi connectivity index (χ2n) is 6.36. The van der Waals surface area contributed by atoms with Gasteiger partial charge >= 0.3 is 0 Å². The molecule has 4 aromatic rings.